The average molecular weight is 855 g/mol. The first kappa shape index (κ1) is 49.3. The minimum Gasteiger partial charge on any atom is -0.507 e. The Labute approximate surface area is 358 Å². The van der Waals surface area contributed by atoms with Crippen molar-refractivity contribution in [3.8, 4) is 17.2 Å². The molecule has 3 aliphatic rings. The number of unbranched alkanes of at least 4 members (excludes halogenated alkanes) is 12. The number of primary amides is 1. The summed E-state index contributed by atoms with van der Waals surface area (Å²) in [4.78, 5) is 50.1. The zero-order valence-electron chi connectivity index (χ0n) is 35.9. The van der Waals surface area contributed by atoms with Gasteiger partial charge < -0.3 is 55.9 Å². The molecule has 1 heterocycles. The van der Waals surface area contributed by atoms with Crippen molar-refractivity contribution in [1.29, 1.82) is 0 Å². The Bertz CT molecular complexity index is 1840. The summed E-state index contributed by atoms with van der Waals surface area (Å²) >= 11 is 0. The maximum absolute atomic E-state index is 13.6. The van der Waals surface area contributed by atoms with Crippen molar-refractivity contribution in [2.45, 2.75) is 159 Å². The van der Waals surface area contributed by atoms with Gasteiger partial charge in [0.05, 0.1) is 48.7 Å². The van der Waals surface area contributed by atoms with Gasteiger partial charge in [-0.3, -0.25) is 14.4 Å². The predicted octanol–water partition coefficient (Wildman–Crippen LogP) is 6.12. The number of ether oxygens (including phenoxy) is 4. The summed E-state index contributed by atoms with van der Waals surface area (Å²) in [5.74, 6) is -3.77. The number of phenolic OH excluding ortho intramolecular Hbond substituents is 2. The molecule has 9 N–H and O–H groups in total. The molecule has 0 unspecified atom stereocenters. The van der Waals surface area contributed by atoms with E-state index >= 15 is 0 Å². The van der Waals surface area contributed by atoms with Gasteiger partial charge in [-0.1, -0.05) is 89.0 Å². The third kappa shape index (κ3) is 12.6. The number of hydrogen-bond acceptors (Lipinski definition) is 14. The highest BCUT2D eigenvalue weighted by molar-refractivity contribution is 6.31. The van der Waals surface area contributed by atoms with Crippen LogP contribution in [0, 0.1) is 0 Å². The van der Waals surface area contributed by atoms with E-state index in [0.717, 1.165) is 12.8 Å². The van der Waals surface area contributed by atoms with Crippen LogP contribution in [0.5, 0.6) is 17.2 Å². The van der Waals surface area contributed by atoms with Crippen molar-refractivity contribution < 1.29 is 63.7 Å². The van der Waals surface area contributed by atoms with Crippen LogP contribution >= 0.6 is 0 Å². The van der Waals surface area contributed by atoms with E-state index in [-0.39, 0.29) is 34.4 Å². The van der Waals surface area contributed by atoms with Gasteiger partial charge in [0.2, 0.25) is 5.78 Å². The van der Waals surface area contributed by atoms with Crippen molar-refractivity contribution in [2.24, 2.45) is 11.5 Å². The van der Waals surface area contributed by atoms with Gasteiger partial charge in [-0.25, -0.2) is 4.79 Å². The number of hydrogen-bond donors (Lipinski definition) is 7. The molecular weight excluding hydrogens is 789 g/mol. The van der Waals surface area contributed by atoms with Gasteiger partial charge in [0.15, 0.2) is 17.9 Å². The number of Topliss-reactive ketones (excluding diaryl/α,β-unsaturated/α-hetero) is 1. The normalized spacial score (nSPS) is 23.1. The molecule has 2 aromatic rings. The zero-order valence-corrected chi connectivity index (χ0v) is 35.9. The van der Waals surface area contributed by atoms with Gasteiger partial charge in [-0.2, -0.15) is 0 Å². The SMILES string of the molecule is CCCCCCCC/C=C\CCCCCCCCOC(N)=O.COc1cccc2c1C(=O)c1c(O)c3c(c(O)c1C2=O)C[C@@](O)(C(=O)CO)C[C@@H]3O[C@H]1C[C@H](N)[C@H](O)[C@H](C)O1. The van der Waals surface area contributed by atoms with Crippen LogP contribution in [0.15, 0.2) is 30.4 Å². The molecule has 5 rings (SSSR count). The Balaban J connectivity index is 0.000000319. The first-order valence-corrected chi connectivity index (χ1v) is 21.8. The molecule has 15 heteroatoms. The molecule has 0 spiro atoms. The Morgan fingerprint density at radius 1 is 0.902 bits per heavy atom. The van der Waals surface area contributed by atoms with E-state index < -0.39 is 102 Å². The first-order chi connectivity index (χ1) is 29.2. The number of phenols is 2. The summed E-state index contributed by atoms with van der Waals surface area (Å²) in [6.07, 6.45) is 16.9. The zero-order chi connectivity index (χ0) is 44.7. The van der Waals surface area contributed by atoms with Crippen LogP contribution in [-0.2, 0) is 25.4 Å². The van der Waals surface area contributed by atoms with Crippen molar-refractivity contribution >= 4 is 23.4 Å². The Morgan fingerprint density at radius 2 is 1.51 bits per heavy atom. The quantitative estimate of drug-likeness (QED) is 0.0362. The molecule has 0 radical (unpaired) electrons. The number of carbonyl (C=O) groups is 4. The number of allylic oxidation sites excluding steroid dienone is 2. The predicted molar refractivity (Wildman–Crippen MR) is 227 cm³/mol. The van der Waals surface area contributed by atoms with Crippen LogP contribution in [0.2, 0.25) is 0 Å². The van der Waals surface area contributed by atoms with Crippen LogP contribution in [0.3, 0.4) is 0 Å². The highest BCUT2D eigenvalue weighted by Gasteiger charge is 2.50. The van der Waals surface area contributed by atoms with E-state index in [1.54, 1.807) is 6.92 Å². The topological polar surface area (TPSA) is 258 Å². The summed E-state index contributed by atoms with van der Waals surface area (Å²) < 4.78 is 21.7. The van der Waals surface area contributed by atoms with Gasteiger partial charge in [0.1, 0.15) is 29.5 Å². The minimum absolute atomic E-state index is 0.0173. The summed E-state index contributed by atoms with van der Waals surface area (Å²) in [6.45, 7) is 3.29. The summed E-state index contributed by atoms with van der Waals surface area (Å²) in [7, 11) is 1.32. The van der Waals surface area contributed by atoms with Gasteiger partial charge in [-0.05, 0) is 45.1 Å². The molecular formula is C46H66N2O13. The number of aromatic hydroxyl groups is 2. The second kappa shape index (κ2) is 23.7. The monoisotopic (exact) mass is 854 g/mol. The lowest BCUT2D eigenvalue weighted by Crippen LogP contribution is -2.53. The molecule has 6 atom stereocenters. The summed E-state index contributed by atoms with van der Waals surface area (Å²) in [5.41, 5.74) is 7.27. The van der Waals surface area contributed by atoms with Crippen molar-refractivity contribution in [1.82, 2.24) is 0 Å². The molecule has 61 heavy (non-hydrogen) atoms. The summed E-state index contributed by atoms with van der Waals surface area (Å²) in [5, 5.41) is 53.7. The molecule has 1 amide bonds. The van der Waals surface area contributed by atoms with Crippen LogP contribution in [0.25, 0.3) is 0 Å². The molecule has 2 aromatic carbocycles. The van der Waals surface area contributed by atoms with E-state index in [2.05, 4.69) is 19.1 Å². The second-order valence-corrected chi connectivity index (χ2v) is 16.3. The van der Waals surface area contributed by atoms with E-state index in [1.807, 2.05) is 0 Å². The molecule has 0 bridgehead atoms. The lowest BCUT2D eigenvalue weighted by molar-refractivity contribution is -0.247. The Kier molecular flexibility index (Phi) is 19.2. The van der Waals surface area contributed by atoms with E-state index in [0.29, 0.717) is 6.61 Å². The molecule has 0 saturated carbocycles. The highest BCUT2D eigenvalue weighted by atomic mass is 16.7. The van der Waals surface area contributed by atoms with Gasteiger partial charge >= 0.3 is 6.09 Å². The number of aliphatic hydroxyl groups is 3. The fraction of sp³-hybridized carbons (Fsp3) is 0.609. The number of benzene rings is 2. The lowest BCUT2D eigenvalue weighted by atomic mass is 9.72. The van der Waals surface area contributed by atoms with Crippen LogP contribution in [-0.4, -0.2) is 99.4 Å². The molecule has 338 valence electrons. The standard InChI is InChI=1S/C27H29NO11.C19H37NO2/c1-10-22(31)13(28)6-17(38-10)39-15-8-27(36,16(30)9-29)7-12-19(15)26(35)21-20(24(12)33)23(32)11-4-3-5-14(37-2)18(11)25(21)34;1-2-3-4-5-6-7-8-9-10-11-12-13-14-15-16-17-18-22-19(20)21/h3-5,10,13,15,17,22,29,31,33,35-36H,6-9,28H2,1-2H3;9-10H,2-8,11-18H2,1H3,(H2,20,21)/b;10-9-/t10-,13-,15-,17-,22+,27-;/m0./s1. The maximum atomic E-state index is 13.6. The van der Waals surface area contributed by atoms with E-state index in [1.165, 1.54) is 102 Å². The number of ketones is 3. The third-order valence-corrected chi connectivity index (χ3v) is 11.7. The number of amides is 1. The molecule has 15 nitrogen and oxygen atoms in total. The van der Waals surface area contributed by atoms with Crippen molar-refractivity contribution in [3.05, 3.63) is 63.7 Å². The smallest absolute Gasteiger partial charge is 0.404 e. The maximum Gasteiger partial charge on any atom is 0.404 e. The number of aliphatic hydroxyl groups excluding tert-OH is 2. The second-order valence-electron chi connectivity index (χ2n) is 16.3. The Hall–Kier alpha value is -4.38. The molecule has 1 saturated heterocycles. The first-order valence-electron chi connectivity index (χ1n) is 21.8. The molecule has 0 aromatic heterocycles. The molecule has 1 aliphatic heterocycles. The van der Waals surface area contributed by atoms with Crippen molar-refractivity contribution in [3.63, 3.8) is 0 Å². The highest BCUT2D eigenvalue weighted by Crippen LogP contribution is 2.52. The van der Waals surface area contributed by atoms with Crippen molar-refractivity contribution in [2.75, 3.05) is 20.3 Å². The third-order valence-electron chi connectivity index (χ3n) is 11.7. The van der Waals surface area contributed by atoms with Gasteiger partial charge in [0.25, 0.3) is 0 Å². The minimum atomic E-state index is -2.24. The number of rotatable bonds is 21. The molecule has 2 aliphatic carbocycles. The summed E-state index contributed by atoms with van der Waals surface area (Å²) in [6, 6.07) is 3.64. The number of carbonyl (C=O) groups excluding carboxylic acids is 4. The lowest BCUT2D eigenvalue weighted by Gasteiger charge is -2.42. The average Bonchev–Trinajstić information content (AvgIpc) is 3.23. The fourth-order valence-corrected chi connectivity index (χ4v) is 8.27. The van der Waals surface area contributed by atoms with E-state index in [4.69, 9.17) is 30.4 Å². The van der Waals surface area contributed by atoms with Crippen LogP contribution < -0.4 is 16.2 Å². The number of methoxy groups -OCH3 is 1. The van der Waals surface area contributed by atoms with Gasteiger partial charge in [-0.15, -0.1) is 0 Å². The fourth-order valence-electron chi connectivity index (χ4n) is 8.27. The van der Waals surface area contributed by atoms with Gasteiger partial charge in [0, 0.05) is 42.0 Å². The molecule has 1 fully saturated rings. The van der Waals surface area contributed by atoms with Crippen LogP contribution in [0.4, 0.5) is 4.79 Å². The van der Waals surface area contributed by atoms with Crippen LogP contribution in [0.1, 0.15) is 166 Å². The number of nitrogens with two attached hydrogens (primary N) is 2. The Morgan fingerprint density at radius 3 is 2.10 bits per heavy atom. The van der Waals surface area contributed by atoms with E-state index in [9.17, 15) is 44.7 Å². The largest absolute Gasteiger partial charge is 0.507 e. The number of fused-ring (bicyclic) bond motifs is 3.